The second kappa shape index (κ2) is 7.25. The molecular formula is C19H24N2O2S2. The Kier molecular flexibility index (Phi) is 5.02. The van der Waals surface area contributed by atoms with Gasteiger partial charge in [-0.25, -0.2) is 4.98 Å². The summed E-state index contributed by atoms with van der Waals surface area (Å²) in [5, 5.41) is 1.66. The molecule has 25 heavy (non-hydrogen) atoms. The van der Waals surface area contributed by atoms with Crippen LogP contribution >= 0.6 is 23.1 Å². The zero-order chi connectivity index (χ0) is 17.4. The van der Waals surface area contributed by atoms with E-state index in [1.165, 1.54) is 10.4 Å². The van der Waals surface area contributed by atoms with Crippen molar-refractivity contribution in [2.45, 2.75) is 56.8 Å². The fraction of sp³-hybridized carbons (Fsp3) is 0.579. The molecule has 0 spiro atoms. The van der Waals surface area contributed by atoms with Gasteiger partial charge in [0, 0.05) is 23.8 Å². The van der Waals surface area contributed by atoms with Crippen LogP contribution in [0, 0.1) is 5.92 Å². The molecular weight excluding hydrogens is 352 g/mol. The van der Waals surface area contributed by atoms with E-state index in [9.17, 15) is 4.79 Å². The highest BCUT2D eigenvalue weighted by Gasteiger charge is 2.25. The molecule has 2 atom stereocenters. The molecule has 2 aliphatic rings. The first kappa shape index (κ1) is 17.3. The molecule has 1 aliphatic heterocycles. The van der Waals surface area contributed by atoms with Gasteiger partial charge in [-0.2, -0.15) is 0 Å². The third-order valence-electron chi connectivity index (χ3n) is 5.11. The molecule has 134 valence electrons. The van der Waals surface area contributed by atoms with Gasteiger partial charge in [-0.05, 0) is 43.6 Å². The Morgan fingerprint density at radius 2 is 2.36 bits per heavy atom. The van der Waals surface area contributed by atoms with E-state index >= 15 is 0 Å². The first-order valence-electron chi connectivity index (χ1n) is 9.07. The first-order chi connectivity index (χ1) is 12.2. The lowest BCUT2D eigenvalue weighted by atomic mass is 9.89. The second-order valence-electron chi connectivity index (χ2n) is 7.08. The molecule has 1 saturated heterocycles. The Bertz CT molecular complexity index is 849. The zero-order valence-corrected chi connectivity index (χ0v) is 16.3. The molecule has 0 bridgehead atoms. The van der Waals surface area contributed by atoms with Crippen molar-refractivity contribution in [2.75, 3.05) is 12.4 Å². The number of rotatable bonds is 5. The van der Waals surface area contributed by atoms with Crippen LogP contribution in [0.15, 0.2) is 22.6 Å². The van der Waals surface area contributed by atoms with Crippen molar-refractivity contribution in [3.8, 4) is 0 Å². The summed E-state index contributed by atoms with van der Waals surface area (Å²) < 4.78 is 7.51. The quantitative estimate of drug-likeness (QED) is 0.449. The predicted octanol–water partition coefficient (Wildman–Crippen LogP) is 4.04. The highest BCUT2D eigenvalue weighted by molar-refractivity contribution is 7.99. The van der Waals surface area contributed by atoms with E-state index in [-0.39, 0.29) is 11.7 Å². The third-order valence-corrected chi connectivity index (χ3v) is 7.37. The number of fused-ring (bicyclic) bond motifs is 3. The minimum Gasteiger partial charge on any atom is -0.377 e. The minimum absolute atomic E-state index is 0.104. The molecule has 6 heteroatoms. The first-order valence-corrected chi connectivity index (χ1v) is 10.9. The highest BCUT2D eigenvalue weighted by atomic mass is 32.2. The van der Waals surface area contributed by atoms with Crippen LogP contribution in [0.3, 0.4) is 0 Å². The highest BCUT2D eigenvalue weighted by Crippen LogP contribution is 2.36. The van der Waals surface area contributed by atoms with Crippen LogP contribution in [-0.2, 0) is 24.1 Å². The number of thiophene rings is 1. The van der Waals surface area contributed by atoms with Crippen LogP contribution in [0.25, 0.3) is 10.2 Å². The van der Waals surface area contributed by atoms with Gasteiger partial charge in [-0.15, -0.1) is 17.9 Å². The van der Waals surface area contributed by atoms with Crippen LogP contribution in [-0.4, -0.2) is 28.0 Å². The van der Waals surface area contributed by atoms with Crippen LogP contribution in [0.2, 0.25) is 0 Å². The summed E-state index contributed by atoms with van der Waals surface area (Å²) >= 11 is 3.37. The summed E-state index contributed by atoms with van der Waals surface area (Å²) in [6, 6.07) is 0. The Morgan fingerprint density at radius 1 is 1.48 bits per heavy atom. The lowest BCUT2D eigenvalue weighted by Crippen LogP contribution is -2.24. The molecule has 0 saturated carbocycles. The number of hydrogen-bond donors (Lipinski definition) is 0. The maximum absolute atomic E-state index is 13.2. The number of aromatic nitrogens is 2. The average molecular weight is 377 g/mol. The van der Waals surface area contributed by atoms with Crippen molar-refractivity contribution < 1.29 is 4.74 Å². The lowest BCUT2D eigenvalue weighted by molar-refractivity contribution is 0.129. The van der Waals surface area contributed by atoms with E-state index < -0.39 is 0 Å². The molecule has 0 radical (unpaired) electrons. The van der Waals surface area contributed by atoms with Gasteiger partial charge in [0.1, 0.15) is 4.83 Å². The summed E-state index contributed by atoms with van der Waals surface area (Å²) in [7, 11) is 0. The number of ether oxygens (including phenoxy) is 1. The summed E-state index contributed by atoms with van der Waals surface area (Å²) in [5.74, 6) is 1.56. The van der Waals surface area contributed by atoms with Crippen LogP contribution in [0.4, 0.5) is 0 Å². The Morgan fingerprint density at radius 3 is 3.12 bits per heavy atom. The summed E-state index contributed by atoms with van der Waals surface area (Å²) in [4.78, 5) is 20.4. The van der Waals surface area contributed by atoms with Gasteiger partial charge in [0.25, 0.3) is 5.56 Å². The summed E-state index contributed by atoms with van der Waals surface area (Å²) in [5.41, 5.74) is 1.36. The number of thioether (sulfide) groups is 1. The van der Waals surface area contributed by atoms with Gasteiger partial charge in [0.15, 0.2) is 5.16 Å². The van der Waals surface area contributed by atoms with E-state index in [4.69, 9.17) is 9.72 Å². The fourth-order valence-electron chi connectivity index (χ4n) is 3.75. The smallest absolute Gasteiger partial charge is 0.263 e. The summed E-state index contributed by atoms with van der Waals surface area (Å²) in [6.07, 6.45) is 7.55. The molecule has 2 aromatic heterocycles. The topological polar surface area (TPSA) is 44.1 Å². The molecule has 0 N–H and O–H groups in total. The number of aryl methyl sites for hydroxylation is 1. The number of hydrogen-bond acceptors (Lipinski definition) is 5. The number of nitrogens with zero attached hydrogens (tertiary/aromatic N) is 2. The van der Waals surface area contributed by atoms with E-state index in [1.54, 1.807) is 33.7 Å². The molecule has 2 aromatic rings. The molecule has 1 fully saturated rings. The standard InChI is InChI=1S/C19H24N2O2S2/c1-3-8-21-18(22)16-14-7-6-12(2)10-15(14)25-17(16)20-19(21)24-11-13-5-4-9-23-13/h3,12-13H,1,4-11H2,2H3/t12-,13+/m1/s1. The predicted molar refractivity (Wildman–Crippen MR) is 105 cm³/mol. The Hall–Kier alpha value is -1.11. The van der Waals surface area contributed by atoms with Crippen molar-refractivity contribution in [3.63, 3.8) is 0 Å². The molecule has 0 aromatic carbocycles. The Labute approximate surface area is 156 Å². The monoisotopic (exact) mass is 376 g/mol. The van der Waals surface area contributed by atoms with Gasteiger partial charge in [0.05, 0.1) is 11.5 Å². The minimum atomic E-state index is 0.104. The molecule has 4 nitrogen and oxygen atoms in total. The maximum atomic E-state index is 13.2. The summed E-state index contributed by atoms with van der Waals surface area (Å²) in [6.45, 7) is 7.48. The molecule has 0 amide bonds. The normalized spacial score (nSPS) is 23.1. The van der Waals surface area contributed by atoms with Crippen LogP contribution in [0.5, 0.6) is 0 Å². The largest absolute Gasteiger partial charge is 0.377 e. The van der Waals surface area contributed by atoms with Crippen LogP contribution < -0.4 is 5.56 Å². The van der Waals surface area contributed by atoms with Crippen molar-refractivity contribution in [1.82, 2.24) is 9.55 Å². The van der Waals surface area contributed by atoms with Crippen molar-refractivity contribution in [3.05, 3.63) is 33.4 Å². The van der Waals surface area contributed by atoms with Gasteiger partial charge >= 0.3 is 0 Å². The van der Waals surface area contributed by atoms with E-state index in [0.29, 0.717) is 12.5 Å². The Balaban J connectivity index is 1.75. The maximum Gasteiger partial charge on any atom is 0.263 e. The molecule has 1 aliphatic carbocycles. The van der Waals surface area contributed by atoms with Crippen LogP contribution in [0.1, 0.15) is 36.6 Å². The van der Waals surface area contributed by atoms with E-state index in [2.05, 4.69) is 13.5 Å². The average Bonchev–Trinajstić information content (AvgIpc) is 3.22. The van der Waals surface area contributed by atoms with Crippen molar-refractivity contribution in [2.24, 2.45) is 5.92 Å². The van der Waals surface area contributed by atoms with Crippen molar-refractivity contribution >= 4 is 33.3 Å². The molecule has 0 unspecified atom stereocenters. The van der Waals surface area contributed by atoms with E-state index in [1.807, 2.05) is 0 Å². The molecule has 4 rings (SSSR count). The molecule has 3 heterocycles. The zero-order valence-electron chi connectivity index (χ0n) is 14.6. The fourth-order valence-corrected chi connectivity index (χ4v) is 6.25. The number of allylic oxidation sites excluding steroid dienone is 1. The second-order valence-corrected chi connectivity index (χ2v) is 9.15. The van der Waals surface area contributed by atoms with Gasteiger partial charge in [0.2, 0.25) is 0 Å². The van der Waals surface area contributed by atoms with Crippen molar-refractivity contribution in [1.29, 1.82) is 0 Å². The SMILES string of the molecule is C=CCn1c(SC[C@@H]2CCCO2)nc2sc3c(c2c1=O)CC[C@@H](C)C3. The third kappa shape index (κ3) is 3.32. The van der Waals surface area contributed by atoms with Gasteiger partial charge in [-0.3, -0.25) is 9.36 Å². The van der Waals surface area contributed by atoms with Gasteiger partial charge < -0.3 is 4.74 Å². The lowest BCUT2D eigenvalue weighted by Gasteiger charge is -2.17. The van der Waals surface area contributed by atoms with Gasteiger partial charge in [-0.1, -0.05) is 24.8 Å². The van der Waals surface area contributed by atoms with E-state index in [0.717, 1.165) is 59.8 Å².